The normalized spacial score (nSPS) is 9.42. The molecule has 0 radical (unpaired) electrons. The summed E-state index contributed by atoms with van der Waals surface area (Å²) in [6.45, 7) is 4.07. The van der Waals surface area contributed by atoms with Crippen LogP contribution in [0.3, 0.4) is 0 Å². The molecule has 0 atom stereocenters. The molecule has 0 aliphatic rings. The Morgan fingerprint density at radius 1 is 1.67 bits per heavy atom. The van der Waals surface area contributed by atoms with Gasteiger partial charge in [0.05, 0.1) is 0 Å². The molecule has 0 saturated heterocycles. The van der Waals surface area contributed by atoms with Crippen molar-refractivity contribution in [2.75, 3.05) is 5.75 Å². The van der Waals surface area contributed by atoms with Crippen molar-refractivity contribution >= 4 is 11.8 Å². The van der Waals surface area contributed by atoms with Crippen LogP contribution in [-0.2, 0) is 0 Å². The lowest BCUT2D eigenvalue weighted by molar-refractivity contribution is 1.13. The highest BCUT2D eigenvalue weighted by Crippen LogP contribution is 2.23. The third kappa shape index (κ3) is 1.77. The predicted octanol–water partition coefficient (Wildman–Crippen LogP) is 2.37. The Bertz CT molecular complexity index is 315. The van der Waals surface area contributed by atoms with E-state index in [1.54, 1.807) is 18.0 Å². The van der Waals surface area contributed by atoms with E-state index < -0.39 is 0 Å². The molecule has 1 aromatic rings. The summed E-state index contributed by atoms with van der Waals surface area (Å²) in [5.74, 6) is 0.973. The lowest BCUT2D eigenvalue weighted by atomic mass is 10.2. The maximum Gasteiger partial charge on any atom is 0.154 e. The second kappa shape index (κ2) is 4.13. The molecule has 62 valence electrons. The summed E-state index contributed by atoms with van der Waals surface area (Å²) in [6.07, 6.45) is 1.67. The minimum atomic E-state index is 0.543. The zero-order chi connectivity index (χ0) is 8.97. The van der Waals surface area contributed by atoms with Crippen molar-refractivity contribution < 1.29 is 0 Å². The molecule has 0 saturated carbocycles. The number of aromatic nitrogens is 1. The summed E-state index contributed by atoms with van der Waals surface area (Å²) in [7, 11) is 0. The Morgan fingerprint density at radius 2 is 2.42 bits per heavy atom. The molecule has 0 aromatic carbocycles. The highest BCUT2D eigenvalue weighted by molar-refractivity contribution is 7.99. The average molecular weight is 178 g/mol. The zero-order valence-corrected chi connectivity index (χ0v) is 7.98. The van der Waals surface area contributed by atoms with E-state index in [4.69, 9.17) is 5.26 Å². The van der Waals surface area contributed by atoms with Crippen molar-refractivity contribution in [3.05, 3.63) is 23.5 Å². The van der Waals surface area contributed by atoms with E-state index >= 15 is 0 Å². The molecule has 0 amide bonds. The number of pyridine rings is 1. The van der Waals surface area contributed by atoms with Gasteiger partial charge in [0.1, 0.15) is 6.07 Å². The topological polar surface area (TPSA) is 36.7 Å². The van der Waals surface area contributed by atoms with Crippen molar-refractivity contribution in [3.63, 3.8) is 0 Å². The first-order valence-electron chi connectivity index (χ1n) is 3.78. The maximum atomic E-state index is 8.74. The first kappa shape index (κ1) is 9.08. The van der Waals surface area contributed by atoms with Crippen LogP contribution in [0.2, 0.25) is 0 Å². The minimum absolute atomic E-state index is 0.543. The molecule has 1 aromatic heterocycles. The molecular formula is C9H10N2S. The summed E-state index contributed by atoms with van der Waals surface area (Å²) in [4.78, 5) is 5.01. The number of hydrogen-bond donors (Lipinski definition) is 0. The first-order valence-corrected chi connectivity index (χ1v) is 4.76. The third-order valence-electron chi connectivity index (χ3n) is 1.50. The smallest absolute Gasteiger partial charge is 0.154 e. The van der Waals surface area contributed by atoms with Crippen LogP contribution in [-0.4, -0.2) is 10.7 Å². The van der Waals surface area contributed by atoms with Crippen LogP contribution in [0.15, 0.2) is 17.2 Å². The van der Waals surface area contributed by atoms with E-state index in [1.807, 2.05) is 13.0 Å². The van der Waals surface area contributed by atoms with Crippen LogP contribution in [0, 0.1) is 18.3 Å². The number of hydrogen-bond acceptors (Lipinski definition) is 3. The molecule has 0 fully saturated rings. The van der Waals surface area contributed by atoms with E-state index in [1.165, 1.54) is 0 Å². The molecule has 0 bridgehead atoms. The maximum absolute atomic E-state index is 8.74. The molecule has 0 aliphatic carbocycles. The fraction of sp³-hybridized carbons (Fsp3) is 0.333. The van der Waals surface area contributed by atoms with Crippen LogP contribution in [0.25, 0.3) is 0 Å². The van der Waals surface area contributed by atoms with Gasteiger partial charge >= 0.3 is 0 Å². The highest BCUT2D eigenvalue weighted by Gasteiger charge is 2.04. The van der Waals surface area contributed by atoms with Crippen molar-refractivity contribution in [3.8, 4) is 6.07 Å². The van der Waals surface area contributed by atoms with Gasteiger partial charge < -0.3 is 0 Å². The predicted molar refractivity (Wildman–Crippen MR) is 50.1 cm³/mol. The number of aryl methyl sites for hydroxylation is 1. The molecule has 0 aliphatic heterocycles. The Kier molecular flexibility index (Phi) is 3.12. The summed E-state index contributed by atoms with van der Waals surface area (Å²) in [5.41, 5.74) is 1.68. The van der Waals surface area contributed by atoms with Gasteiger partial charge in [-0.3, -0.25) is 0 Å². The van der Waals surface area contributed by atoms with Crippen LogP contribution in [0.1, 0.15) is 18.2 Å². The van der Waals surface area contributed by atoms with Gasteiger partial charge in [-0.1, -0.05) is 6.92 Å². The van der Waals surface area contributed by atoms with E-state index in [0.29, 0.717) is 5.69 Å². The molecule has 1 heterocycles. The van der Waals surface area contributed by atoms with E-state index in [2.05, 4.69) is 18.0 Å². The molecule has 1 rings (SSSR count). The lowest BCUT2D eigenvalue weighted by Crippen LogP contribution is -1.89. The van der Waals surface area contributed by atoms with Crippen LogP contribution in [0.5, 0.6) is 0 Å². The van der Waals surface area contributed by atoms with E-state index in [-0.39, 0.29) is 0 Å². The van der Waals surface area contributed by atoms with Crippen LogP contribution in [0.4, 0.5) is 0 Å². The van der Waals surface area contributed by atoms with Crippen molar-refractivity contribution in [1.29, 1.82) is 5.26 Å². The Hall–Kier alpha value is -1.01. The first-order chi connectivity index (χ1) is 5.79. The highest BCUT2D eigenvalue weighted by atomic mass is 32.2. The molecule has 0 N–H and O–H groups in total. The Morgan fingerprint density at radius 3 is 3.00 bits per heavy atom. The van der Waals surface area contributed by atoms with Crippen LogP contribution >= 0.6 is 11.8 Å². The van der Waals surface area contributed by atoms with Crippen molar-refractivity contribution in [1.82, 2.24) is 4.98 Å². The largest absolute Gasteiger partial charge is 0.244 e. The third-order valence-corrected chi connectivity index (χ3v) is 2.59. The quantitative estimate of drug-likeness (QED) is 0.652. The van der Waals surface area contributed by atoms with Gasteiger partial charge in [-0.05, 0) is 24.3 Å². The minimum Gasteiger partial charge on any atom is -0.244 e. The molecule has 2 nitrogen and oxygen atoms in total. The summed E-state index contributed by atoms with van der Waals surface area (Å²) in [5, 5.41) is 8.74. The van der Waals surface area contributed by atoms with E-state index in [0.717, 1.165) is 16.2 Å². The molecule has 0 unspecified atom stereocenters. The molecule has 0 spiro atoms. The standard InChI is InChI=1S/C9H10N2S/c1-3-12-9-7(2)4-5-11-8(9)6-10/h4-5H,3H2,1-2H3. The summed E-state index contributed by atoms with van der Waals surface area (Å²) < 4.78 is 0. The monoisotopic (exact) mass is 178 g/mol. The van der Waals surface area contributed by atoms with Gasteiger partial charge in [0.15, 0.2) is 5.69 Å². The zero-order valence-electron chi connectivity index (χ0n) is 7.16. The second-order valence-corrected chi connectivity index (χ2v) is 3.62. The van der Waals surface area contributed by atoms with Gasteiger partial charge in [0, 0.05) is 11.1 Å². The Balaban J connectivity index is 3.13. The SMILES string of the molecule is CCSc1c(C)ccnc1C#N. The van der Waals surface area contributed by atoms with Gasteiger partial charge in [0.25, 0.3) is 0 Å². The van der Waals surface area contributed by atoms with Gasteiger partial charge in [-0.15, -0.1) is 11.8 Å². The summed E-state index contributed by atoms with van der Waals surface area (Å²) in [6, 6.07) is 4.02. The lowest BCUT2D eigenvalue weighted by Gasteiger charge is -2.03. The number of nitrogens with zero attached hydrogens (tertiary/aromatic N) is 2. The van der Waals surface area contributed by atoms with Crippen molar-refractivity contribution in [2.24, 2.45) is 0 Å². The van der Waals surface area contributed by atoms with Gasteiger partial charge in [-0.25, -0.2) is 4.98 Å². The summed E-state index contributed by atoms with van der Waals surface area (Å²) >= 11 is 1.67. The van der Waals surface area contributed by atoms with Gasteiger partial charge in [-0.2, -0.15) is 5.26 Å². The number of rotatable bonds is 2. The fourth-order valence-electron chi connectivity index (χ4n) is 0.951. The average Bonchev–Trinajstić information content (AvgIpc) is 2.09. The van der Waals surface area contributed by atoms with Crippen LogP contribution < -0.4 is 0 Å². The fourth-order valence-corrected chi connectivity index (χ4v) is 1.77. The molecular weight excluding hydrogens is 168 g/mol. The van der Waals surface area contributed by atoms with E-state index in [9.17, 15) is 0 Å². The van der Waals surface area contributed by atoms with Crippen molar-refractivity contribution in [2.45, 2.75) is 18.7 Å². The molecule has 3 heteroatoms. The molecule has 12 heavy (non-hydrogen) atoms. The Labute approximate surface area is 76.6 Å². The number of thioether (sulfide) groups is 1. The van der Waals surface area contributed by atoms with Gasteiger partial charge in [0.2, 0.25) is 0 Å². The number of nitriles is 1. The second-order valence-electron chi connectivity index (χ2n) is 2.35.